The molecule has 1 amide bonds. The van der Waals surface area contributed by atoms with Crippen molar-refractivity contribution >= 4 is 15.9 Å². The van der Waals surface area contributed by atoms with Crippen molar-refractivity contribution < 1.29 is 22.7 Å². The molecule has 0 aliphatic carbocycles. The first-order chi connectivity index (χ1) is 13.5. The second-order valence-electron chi connectivity index (χ2n) is 7.12. The SMILES string of the molecule is COc1ccc(S(=O)(=O)N2CCCC(C(=O)NCCN3CCOCC3)C2)cc1. The van der Waals surface area contributed by atoms with Gasteiger partial charge in [0.05, 0.1) is 31.1 Å². The maximum Gasteiger partial charge on any atom is 0.243 e. The number of hydrogen-bond donors (Lipinski definition) is 1. The number of methoxy groups -OCH3 is 1. The van der Waals surface area contributed by atoms with Gasteiger partial charge in [0.1, 0.15) is 5.75 Å². The van der Waals surface area contributed by atoms with E-state index >= 15 is 0 Å². The van der Waals surface area contributed by atoms with E-state index in [0.29, 0.717) is 31.7 Å². The first-order valence-corrected chi connectivity index (χ1v) is 11.2. The van der Waals surface area contributed by atoms with Crippen LogP contribution >= 0.6 is 0 Å². The molecule has 9 heteroatoms. The lowest BCUT2D eigenvalue weighted by Crippen LogP contribution is -2.47. The molecule has 2 aliphatic rings. The zero-order valence-corrected chi connectivity index (χ0v) is 17.1. The van der Waals surface area contributed by atoms with Gasteiger partial charge in [-0.15, -0.1) is 0 Å². The molecular weight excluding hydrogens is 382 g/mol. The largest absolute Gasteiger partial charge is 0.497 e. The number of carbonyl (C=O) groups excluding carboxylic acids is 1. The number of nitrogens with zero attached hydrogens (tertiary/aromatic N) is 2. The van der Waals surface area contributed by atoms with Crippen LogP contribution in [0.4, 0.5) is 0 Å². The number of benzene rings is 1. The number of piperidine rings is 1. The van der Waals surface area contributed by atoms with Crippen molar-refractivity contribution in [3.8, 4) is 5.75 Å². The Morgan fingerprint density at radius 3 is 2.61 bits per heavy atom. The van der Waals surface area contributed by atoms with Crippen molar-refractivity contribution in [2.24, 2.45) is 5.92 Å². The molecule has 1 N–H and O–H groups in total. The third-order valence-corrected chi connectivity index (χ3v) is 7.16. The van der Waals surface area contributed by atoms with Crippen LogP contribution in [-0.4, -0.2) is 83.1 Å². The average molecular weight is 412 g/mol. The fourth-order valence-electron chi connectivity index (χ4n) is 3.58. The van der Waals surface area contributed by atoms with Gasteiger partial charge < -0.3 is 14.8 Å². The highest BCUT2D eigenvalue weighted by Crippen LogP contribution is 2.25. The molecule has 28 heavy (non-hydrogen) atoms. The van der Waals surface area contributed by atoms with Crippen LogP contribution in [0.15, 0.2) is 29.2 Å². The number of rotatable bonds is 7. The van der Waals surface area contributed by atoms with Crippen molar-refractivity contribution in [3.63, 3.8) is 0 Å². The summed E-state index contributed by atoms with van der Waals surface area (Å²) in [5, 5.41) is 2.97. The minimum absolute atomic E-state index is 0.0668. The molecule has 3 rings (SSSR count). The van der Waals surface area contributed by atoms with E-state index in [1.54, 1.807) is 24.3 Å². The van der Waals surface area contributed by atoms with Crippen LogP contribution in [0.3, 0.4) is 0 Å². The van der Waals surface area contributed by atoms with Gasteiger partial charge in [0, 0.05) is 39.3 Å². The summed E-state index contributed by atoms with van der Waals surface area (Å²) in [5.41, 5.74) is 0. The number of nitrogens with one attached hydrogen (secondary N) is 1. The molecule has 0 spiro atoms. The van der Waals surface area contributed by atoms with Crippen LogP contribution in [0.1, 0.15) is 12.8 Å². The first kappa shape index (κ1) is 21.0. The second-order valence-corrected chi connectivity index (χ2v) is 9.06. The van der Waals surface area contributed by atoms with E-state index in [4.69, 9.17) is 9.47 Å². The monoisotopic (exact) mass is 411 g/mol. The summed E-state index contributed by atoms with van der Waals surface area (Å²) in [7, 11) is -2.08. The summed E-state index contributed by atoms with van der Waals surface area (Å²) < 4.78 is 37.6. The number of sulfonamides is 1. The highest BCUT2D eigenvalue weighted by atomic mass is 32.2. The highest BCUT2D eigenvalue weighted by molar-refractivity contribution is 7.89. The maximum absolute atomic E-state index is 12.9. The van der Waals surface area contributed by atoms with E-state index in [9.17, 15) is 13.2 Å². The average Bonchev–Trinajstić information content (AvgIpc) is 2.74. The fraction of sp³-hybridized carbons (Fsp3) is 0.632. The van der Waals surface area contributed by atoms with Crippen molar-refractivity contribution in [3.05, 3.63) is 24.3 Å². The molecule has 1 aromatic rings. The van der Waals surface area contributed by atoms with Crippen molar-refractivity contribution in [2.75, 3.05) is 59.6 Å². The minimum atomic E-state index is -3.62. The molecule has 2 heterocycles. The molecule has 1 unspecified atom stereocenters. The van der Waals surface area contributed by atoms with Gasteiger partial charge in [0.15, 0.2) is 0 Å². The molecule has 1 aromatic carbocycles. The molecular formula is C19H29N3O5S. The van der Waals surface area contributed by atoms with Crippen LogP contribution in [-0.2, 0) is 19.6 Å². The Balaban J connectivity index is 1.54. The molecule has 1 atom stereocenters. The Kier molecular flexibility index (Phi) is 7.28. The number of morpholine rings is 1. The predicted octanol–water partition coefficient (Wildman–Crippen LogP) is 0.544. The Hall–Kier alpha value is -1.68. The van der Waals surface area contributed by atoms with Crippen LogP contribution < -0.4 is 10.1 Å². The van der Waals surface area contributed by atoms with Gasteiger partial charge in [-0.2, -0.15) is 4.31 Å². The molecule has 0 aromatic heterocycles. The number of hydrogen-bond acceptors (Lipinski definition) is 6. The summed E-state index contributed by atoms with van der Waals surface area (Å²) >= 11 is 0. The first-order valence-electron chi connectivity index (χ1n) is 9.73. The van der Waals surface area contributed by atoms with Crippen LogP contribution in [0, 0.1) is 5.92 Å². The predicted molar refractivity (Wildman–Crippen MR) is 105 cm³/mol. The normalized spacial score (nSPS) is 22.0. The number of ether oxygens (including phenoxy) is 2. The standard InChI is InChI=1S/C19H29N3O5S/c1-26-17-4-6-18(7-5-17)28(24,25)22-9-2-3-16(15-22)19(23)20-8-10-21-11-13-27-14-12-21/h4-7,16H,2-3,8-15H2,1H3,(H,20,23). The van der Waals surface area contributed by atoms with E-state index in [1.807, 2.05) is 0 Å². The molecule has 0 radical (unpaired) electrons. The van der Waals surface area contributed by atoms with E-state index in [0.717, 1.165) is 32.8 Å². The van der Waals surface area contributed by atoms with E-state index in [-0.39, 0.29) is 23.3 Å². The van der Waals surface area contributed by atoms with Crippen LogP contribution in [0.2, 0.25) is 0 Å². The van der Waals surface area contributed by atoms with Gasteiger partial charge in [-0.1, -0.05) is 0 Å². The number of amides is 1. The van der Waals surface area contributed by atoms with Crippen LogP contribution in [0.25, 0.3) is 0 Å². The summed E-state index contributed by atoms with van der Waals surface area (Å²) in [6, 6.07) is 6.35. The van der Waals surface area contributed by atoms with Gasteiger partial charge in [-0.3, -0.25) is 9.69 Å². The Morgan fingerprint density at radius 1 is 1.21 bits per heavy atom. The smallest absolute Gasteiger partial charge is 0.243 e. The van der Waals surface area contributed by atoms with Gasteiger partial charge in [0.25, 0.3) is 0 Å². The van der Waals surface area contributed by atoms with E-state index in [2.05, 4.69) is 10.2 Å². The third-order valence-electron chi connectivity index (χ3n) is 5.28. The zero-order chi connectivity index (χ0) is 20.0. The maximum atomic E-state index is 12.9. The summed E-state index contributed by atoms with van der Waals surface area (Å²) in [6.45, 7) is 5.24. The molecule has 156 valence electrons. The minimum Gasteiger partial charge on any atom is -0.497 e. The number of carbonyl (C=O) groups is 1. The summed E-state index contributed by atoms with van der Waals surface area (Å²) in [4.78, 5) is 15.0. The van der Waals surface area contributed by atoms with Crippen molar-refractivity contribution in [1.29, 1.82) is 0 Å². The molecule has 2 fully saturated rings. The van der Waals surface area contributed by atoms with Gasteiger partial charge in [-0.25, -0.2) is 8.42 Å². The lowest BCUT2D eigenvalue weighted by Gasteiger charge is -2.31. The molecule has 0 saturated carbocycles. The molecule has 2 saturated heterocycles. The van der Waals surface area contributed by atoms with Crippen molar-refractivity contribution in [2.45, 2.75) is 17.7 Å². The molecule has 2 aliphatic heterocycles. The van der Waals surface area contributed by atoms with Gasteiger partial charge >= 0.3 is 0 Å². The summed E-state index contributed by atoms with van der Waals surface area (Å²) in [5.74, 6) is 0.226. The Bertz CT molecular complexity index is 747. The van der Waals surface area contributed by atoms with Crippen molar-refractivity contribution in [1.82, 2.24) is 14.5 Å². The van der Waals surface area contributed by atoms with Gasteiger partial charge in [-0.05, 0) is 37.1 Å². The third kappa shape index (κ3) is 5.22. The second kappa shape index (κ2) is 9.69. The quantitative estimate of drug-likeness (QED) is 0.705. The Morgan fingerprint density at radius 2 is 1.93 bits per heavy atom. The summed E-state index contributed by atoms with van der Waals surface area (Å²) in [6.07, 6.45) is 1.38. The lowest BCUT2D eigenvalue weighted by molar-refractivity contribution is -0.126. The Labute approximate surface area is 166 Å². The lowest BCUT2D eigenvalue weighted by atomic mass is 9.99. The topological polar surface area (TPSA) is 88.2 Å². The van der Waals surface area contributed by atoms with Crippen LogP contribution in [0.5, 0.6) is 5.75 Å². The molecule has 8 nitrogen and oxygen atoms in total. The molecule has 0 bridgehead atoms. The van der Waals surface area contributed by atoms with Gasteiger partial charge in [0.2, 0.25) is 15.9 Å². The highest BCUT2D eigenvalue weighted by Gasteiger charge is 2.33. The zero-order valence-electron chi connectivity index (χ0n) is 16.3. The fourth-order valence-corrected chi connectivity index (χ4v) is 5.10. The van der Waals surface area contributed by atoms with E-state index in [1.165, 1.54) is 11.4 Å². The van der Waals surface area contributed by atoms with E-state index < -0.39 is 10.0 Å².